The first-order valence-corrected chi connectivity index (χ1v) is 8.31. The summed E-state index contributed by atoms with van der Waals surface area (Å²) >= 11 is 0. The van der Waals surface area contributed by atoms with E-state index in [9.17, 15) is 0 Å². The molecule has 3 heterocycles. The van der Waals surface area contributed by atoms with Crippen molar-refractivity contribution < 1.29 is 4.74 Å². The molecule has 3 aliphatic rings. The van der Waals surface area contributed by atoms with Crippen LogP contribution in [0.5, 0.6) is 0 Å². The zero-order chi connectivity index (χ0) is 14.1. The summed E-state index contributed by atoms with van der Waals surface area (Å²) in [5.41, 5.74) is 2.60. The van der Waals surface area contributed by atoms with Crippen molar-refractivity contribution >= 4 is 5.82 Å². The summed E-state index contributed by atoms with van der Waals surface area (Å²) < 4.78 is 5.54. The summed E-state index contributed by atoms with van der Waals surface area (Å²) in [7, 11) is 0. The lowest BCUT2D eigenvalue weighted by Gasteiger charge is -2.28. The number of fused-ring (bicyclic) bond motifs is 1. The van der Waals surface area contributed by atoms with E-state index < -0.39 is 0 Å². The Morgan fingerprint density at radius 1 is 1.14 bits per heavy atom. The molecule has 1 aromatic rings. The number of aromatic nitrogens is 2. The van der Waals surface area contributed by atoms with Crippen LogP contribution in [0.3, 0.4) is 0 Å². The first-order chi connectivity index (χ1) is 10.4. The number of ether oxygens (including phenoxy) is 1. The monoisotopic (exact) mass is 288 g/mol. The number of hydrogen-bond donors (Lipinski definition) is 1. The van der Waals surface area contributed by atoms with Crippen LogP contribution in [-0.2, 0) is 17.6 Å². The minimum absolute atomic E-state index is 0.607. The van der Waals surface area contributed by atoms with Crippen LogP contribution >= 0.6 is 0 Å². The molecule has 21 heavy (non-hydrogen) atoms. The van der Waals surface area contributed by atoms with Crippen LogP contribution in [0.2, 0.25) is 0 Å². The summed E-state index contributed by atoms with van der Waals surface area (Å²) in [6.45, 7) is 4.02. The number of rotatable bonds is 3. The van der Waals surface area contributed by atoms with E-state index in [1.165, 1.54) is 36.9 Å². The molecule has 5 nitrogen and oxygen atoms in total. The van der Waals surface area contributed by atoms with E-state index in [2.05, 4.69) is 20.2 Å². The maximum atomic E-state index is 5.54. The fourth-order valence-electron chi connectivity index (χ4n) is 3.59. The van der Waals surface area contributed by atoms with Gasteiger partial charge in [-0.25, -0.2) is 9.97 Å². The summed E-state index contributed by atoms with van der Waals surface area (Å²) in [5.74, 6) is 1.09. The van der Waals surface area contributed by atoms with E-state index >= 15 is 0 Å². The molecule has 0 radical (unpaired) electrons. The molecule has 2 fully saturated rings. The van der Waals surface area contributed by atoms with Crippen molar-refractivity contribution in [1.29, 1.82) is 0 Å². The second-order valence-electron chi connectivity index (χ2n) is 6.47. The van der Waals surface area contributed by atoms with Gasteiger partial charge in [0.05, 0.1) is 12.3 Å². The van der Waals surface area contributed by atoms with Gasteiger partial charge in [0.2, 0.25) is 0 Å². The lowest BCUT2D eigenvalue weighted by molar-refractivity contribution is 0.147. The Morgan fingerprint density at radius 3 is 2.81 bits per heavy atom. The number of nitrogens with one attached hydrogen (secondary N) is 1. The van der Waals surface area contributed by atoms with Gasteiger partial charge in [0.1, 0.15) is 12.1 Å². The van der Waals surface area contributed by atoms with Crippen molar-refractivity contribution in [3.63, 3.8) is 0 Å². The molecule has 4 rings (SSSR count). The molecule has 2 aliphatic heterocycles. The third-order valence-corrected chi connectivity index (χ3v) is 5.19. The summed E-state index contributed by atoms with van der Waals surface area (Å²) in [5, 5.41) is 3.62. The molecule has 0 spiro atoms. The van der Waals surface area contributed by atoms with Gasteiger partial charge in [-0.15, -0.1) is 0 Å². The molecule has 0 unspecified atom stereocenters. The maximum absolute atomic E-state index is 5.54. The first-order valence-electron chi connectivity index (χ1n) is 8.31. The van der Waals surface area contributed by atoms with Gasteiger partial charge in [0, 0.05) is 43.8 Å². The molecule has 1 saturated heterocycles. The topological polar surface area (TPSA) is 50.3 Å². The molecular formula is C16H24N4O. The molecule has 0 aromatic carbocycles. The van der Waals surface area contributed by atoms with Gasteiger partial charge < -0.3 is 10.1 Å². The molecule has 1 N–H and O–H groups in total. The molecule has 114 valence electrons. The molecule has 1 aromatic heterocycles. The van der Waals surface area contributed by atoms with Crippen LogP contribution in [0.1, 0.15) is 36.9 Å². The van der Waals surface area contributed by atoms with Crippen LogP contribution < -0.4 is 5.32 Å². The van der Waals surface area contributed by atoms with Gasteiger partial charge >= 0.3 is 0 Å². The first kappa shape index (κ1) is 13.5. The van der Waals surface area contributed by atoms with Crippen LogP contribution in [0.15, 0.2) is 6.33 Å². The van der Waals surface area contributed by atoms with Crippen molar-refractivity contribution in [2.24, 2.45) is 0 Å². The third kappa shape index (κ3) is 2.77. The highest BCUT2D eigenvalue weighted by molar-refractivity contribution is 5.47. The molecule has 1 atom stereocenters. The zero-order valence-electron chi connectivity index (χ0n) is 12.6. The number of anilines is 1. The average Bonchev–Trinajstić information content (AvgIpc) is 2.90. The minimum Gasteiger partial charge on any atom is -0.380 e. The van der Waals surface area contributed by atoms with Gasteiger partial charge in [-0.05, 0) is 32.1 Å². The van der Waals surface area contributed by atoms with E-state index in [1.54, 1.807) is 6.33 Å². The third-order valence-electron chi connectivity index (χ3n) is 5.19. The fourth-order valence-corrected chi connectivity index (χ4v) is 3.59. The Bertz CT molecular complexity index is 497. The number of nitrogens with zero attached hydrogens (tertiary/aromatic N) is 3. The van der Waals surface area contributed by atoms with Crippen molar-refractivity contribution in [2.75, 3.05) is 31.6 Å². The average molecular weight is 288 g/mol. The smallest absolute Gasteiger partial charge is 0.133 e. The SMILES string of the molecule is c1nc2c(c(NC3CCC3)n1)CCN([C@H]1CCOC1)CC2. The largest absolute Gasteiger partial charge is 0.380 e. The lowest BCUT2D eigenvalue weighted by atomic mass is 9.93. The van der Waals surface area contributed by atoms with Gasteiger partial charge in [-0.1, -0.05) is 0 Å². The van der Waals surface area contributed by atoms with Crippen LogP contribution in [0.4, 0.5) is 5.82 Å². The Kier molecular flexibility index (Phi) is 3.78. The summed E-state index contributed by atoms with van der Waals surface area (Å²) in [4.78, 5) is 11.6. The Balaban J connectivity index is 1.49. The van der Waals surface area contributed by atoms with Gasteiger partial charge in [-0.2, -0.15) is 0 Å². The predicted molar refractivity (Wildman–Crippen MR) is 81.5 cm³/mol. The fraction of sp³-hybridized carbons (Fsp3) is 0.750. The van der Waals surface area contributed by atoms with Crippen LogP contribution in [-0.4, -0.2) is 53.3 Å². The lowest BCUT2D eigenvalue weighted by Crippen LogP contribution is -2.37. The van der Waals surface area contributed by atoms with Crippen molar-refractivity contribution in [3.05, 3.63) is 17.6 Å². The molecule has 1 saturated carbocycles. The van der Waals surface area contributed by atoms with Gasteiger partial charge in [-0.3, -0.25) is 4.90 Å². The van der Waals surface area contributed by atoms with Crippen LogP contribution in [0, 0.1) is 0 Å². The molecule has 0 bridgehead atoms. The van der Waals surface area contributed by atoms with Crippen molar-refractivity contribution in [2.45, 2.75) is 50.6 Å². The van der Waals surface area contributed by atoms with Crippen LogP contribution in [0.25, 0.3) is 0 Å². The maximum Gasteiger partial charge on any atom is 0.133 e. The van der Waals surface area contributed by atoms with E-state index in [0.717, 1.165) is 45.0 Å². The molecule has 1 aliphatic carbocycles. The predicted octanol–water partition coefficient (Wildman–Crippen LogP) is 1.63. The van der Waals surface area contributed by atoms with E-state index in [0.29, 0.717) is 12.1 Å². The van der Waals surface area contributed by atoms with Gasteiger partial charge in [0.25, 0.3) is 0 Å². The Morgan fingerprint density at radius 2 is 2.05 bits per heavy atom. The summed E-state index contributed by atoms with van der Waals surface area (Å²) in [6.07, 6.45) is 8.91. The number of hydrogen-bond acceptors (Lipinski definition) is 5. The Hall–Kier alpha value is -1.20. The molecule has 5 heteroatoms. The molecular weight excluding hydrogens is 264 g/mol. The Labute approximate surface area is 126 Å². The second-order valence-corrected chi connectivity index (χ2v) is 6.47. The summed E-state index contributed by atoms with van der Waals surface area (Å²) in [6, 6.07) is 1.24. The normalized spacial score (nSPS) is 27.0. The minimum atomic E-state index is 0.607. The standard InChI is InChI=1S/C16H24N4O/c1-2-12(3-1)19-16-14-4-7-20(13-6-9-21-10-13)8-5-15(14)17-11-18-16/h11-13H,1-10H2,(H,17,18,19)/t13-/m0/s1. The van der Waals surface area contributed by atoms with E-state index in [-0.39, 0.29) is 0 Å². The highest BCUT2D eigenvalue weighted by atomic mass is 16.5. The quantitative estimate of drug-likeness (QED) is 0.916. The van der Waals surface area contributed by atoms with Crippen molar-refractivity contribution in [1.82, 2.24) is 14.9 Å². The highest BCUT2D eigenvalue weighted by Crippen LogP contribution is 2.27. The highest BCUT2D eigenvalue weighted by Gasteiger charge is 2.27. The van der Waals surface area contributed by atoms with E-state index in [1.807, 2.05) is 0 Å². The zero-order valence-corrected chi connectivity index (χ0v) is 12.6. The van der Waals surface area contributed by atoms with Gasteiger partial charge in [0.15, 0.2) is 0 Å². The second kappa shape index (κ2) is 5.89. The van der Waals surface area contributed by atoms with Crippen molar-refractivity contribution in [3.8, 4) is 0 Å². The molecule has 0 amide bonds. The van der Waals surface area contributed by atoms with E-state index in [4.69, 9.17) is 4.74 Å².